The second kappa shape index (κ2) is 6.81. The summed E-state index contributed by atoms with van der Waals surface area (Å²) in [6, 6.07) is 12.2. The van der Waals surface area contributed by atoms with Gasteiger partial charge in [-0.15, -0.1) is 0 Å². The maximum Gasteiger partial charge on any atom is 0.253 e. The molecule has 6 heteroatoms. The number of amides is 1. The Morgan fingerprint density at radius 1 is 1.16 bits per heavy atom. The Morgan fingerprint density at radius 3 is 2.36 bits per heavy atom. The van der Waals surface area contributed by atoms with Gasteiger partial charge in [-0.25, -0.2) is 8.42 Å². The van der Waals surface area contributed by atoms with Crippen LogP contribution in [0.4, 0.5) is 0 Å². The van der Waals surface area contributed by atoms with Crippen molar-refractivity contribution in [2.75, 3.05) is 6.26 Å². The van der Waals surface area contributed by atoms with Crippen LogP contribution in [-0.2, 0) is 9.84 Å². The number of halogens is 1. The van der Waals surface area contributed by atoms with Crippen molar-refractivity contribution in [2.45, 2.75) is 30.7 Å². The van der Waals surface area contributed by atoms with E-state index < -0.39 is 9.84 Å². The SMILES string of the molecule is Cc1ccc(C(NC(=O)c2cc(S(C)(=O)=O)ccc2Cl)C2CC2)cc1. The summed E-state index contributed by atoms with van der Waals surface area (Å²) >= 11 is 6.13. The summed E-state index contributed by atoms with van der Waals surface area (Å²) in [5, 5.41) is 3.27. The smallest absolute Gasteiger partial charge is 0.253 e. The standard InChI is InChI=1S/C19H20ClNO3S/c1-12-3-5-13(6-4-12)18(14-7-8-14)21-19(22)16-11-15(25(2,23)24)9-10-17(16)20/h3-6,9-11,14,18H,7-8H2,1-2H3,(H,21,22). The third-order valence-corrected chi connectivity index (χ3v) is 5.87. The molecule has 1 aliphatic rings. The minimum Gasteiger partial charge on any atom is -0.345 e. The molecule has 25 heavy (non-hydrogen) atoms. The first-order valence-corrected chi connectivity index (χ1v) is 10.4. The molecule has 0 radical (unpaired) electrons. The lowest BCUT2D eigenvalue weighted by atomic mass is 10.0. The zero-order chi connectivity index (χ0) is 18.2. The quantitative estimate of drug-likeness (QED) is 0.858. The number of benzene rings is 2. The molecule has 2 aromatic rings. The minimum atomic E-state index is -3.40. The third kappa shape index (κ3) is 4.22. The van der Waals surface area contributed by atoms with E-state index in [2.05, 4.69) is 5.32 Å². The van der Waals surface area contributed by atoms with Crippen LogP contribution >= 0.6 is 11.6 Å². The van der Waals surface area contributed by atoms with Crippen LogP contribution in [0.5, 0.6) is 0 Å². The van der Waals surface area contributed by atoms with E-state index in [-0.39, 0.29) is 27.4 Å². The highest BCUT2D eigenvalue weighted by Crippen LogP contribution is 2.41. The fourth-order valence-corrected chi connectivity index (χ4v) is 3.66. The Morgan fingerprint density at radius 2 is 1.80 bits per heavy atom. The summed E-state index contributed by atoms with van der Waals surface area (Å²) in [5.41, 5.74) is 2.40. The molecule has 3 rings (SSSR count). The molecule has 1 saturated carbocycles. The molecule has 1 aliphatic carbocycles. The molecule has 0 aromatic heterocycles. The van der Waals surface area contributed by atoms with Gasteiger partial charge in [0.25, 0.3) is 5.91 Å². The summed E-state index contributed by atoms with van der Waals surface area (Å²) in [7, 11) is -3.40. The average Bonchev–Trinajstić information content (AvgIpc) is 3.37. The van der Waals surface area contributed by atoms with Gasteiger partial charge in [0.1, 0.15) is 0 Å². The second-order valence-electron chi connectivity index (χ2n) is 6.61. The van der Waals surface area contributed by atoms with Crippen molar-refractivity contribution < 1.29 is 13.2 Å². The van der Waals surface area contributed by atoms with Crippen molar-refractivity contribution in [3.8, 4) is 0 Å². The van der Waals surface area contributed by atoms with Gasteiger partial charge in [-0.05, 0) is 49.4 Å². The fraction of sp³-hybridized carbons (Fsp3) is 0.316. The van der Waals surface area contributed by atoms with Gasteiger partial charge >= 0.3 is 0 Å². The predicted molar refractivity (Wildman–Crippen MR) is 98.7 cm³/mol. The molecule has 0 heterocycles. The molecule has 1 N–H and O–H groups in total. The molecule has 0 saturated heterocycles. The molecular weight excluding hydrogens is 358 g/mol. The van der Waals surface area contributed by atoms with Crippen molar-refractivity contribution in [3.05, 3.63) is 64.2 Å². The Kier molecular flexibility index (Phi) is 4.89. The first kappa shape index (κ1) is 18.0. The Hall–Kier alpha value is -1.85. The Bertz CT molecular complexity index is 903. The maximum atomic E-state index is 12.7. The minimum absolute atomic E-state index is 0.0837. The number of hydrogen-bond donors (Lipinski definition) is 1. The van der Waals surface area contributed by atoms with Crippen molar-refractivity contribution in [1.29, 1.82) is 0 Å². The van der Waals surface area contributed by atoms with Crippen LogP contribution in [0.3, 0.4) is 0 Å². The average molecular weight is 378 g/mol. The fourth-order valence-electron chi connectivity index (χ4n) is 2.80. The molecule has 0 aliphatic heterocycles. The van der Waals surface area contributed by atoms with Crippen LogP contribution in [0.25, 0.3) is 0 Å². The highest BCUT2D eigenvalue weighted by Gasteiger charge is 2.34. The topological polar surface area (TPSA) is 63.2 Å². The van der Waals surface area contributed by atoms with E-state index >= 15 is 0 Å². The largest absolute Gasteiger partial charge is 0.345 e. The van der Waals surface area contributed by atoms with E-state index in [4.69, 9.17) is 11.6 Å². The summed E-state index contributed by atoms with van der Waals surface area (Å²) in [6.45, 7) is 2.02. The van der Waals surface area contributed by atoms with E-state index in [1.54, 1.807) is 0 Å². The van der Waals surface area contributed by atoms with Gasteiger partial charge in [-0.3, -0.25) is 4.79 Å². The molecule has 1 amide bonds. The third-order valence-electron chi connectivity index (χ3n) is 4.43. The zero-order valence-electron chi connectivity index (χ0n) is 14.1. The van der Waals surface area contributed by atoms with Crippen LogP contribution in [0.15, 0.2) is 47.4 Å². The first-order chi connectivity index (χ1) is 11.8. The molecule has 132 valence electrons. The van der Waals surface area contributed by atoms with Crippen LogP contribution in [0.2, 0.25) is 5.02 Å². The van der Waals surface area contributed by atoms with Gasteiger partial charge in [0.05, 0.1) is 21.5 Å². The molecule has 1 atom stereocenters. The molecule has 2 aromatic carbocycles. The van der Waals surface area contributed by atoms with E-state index in [0.29, 0.717) is 5.92 Å². The second-order valence-corrected chi connectivity index (χ2v) is 9.04. The highest BCUT2D eigenvalue weighted by atomic mass is 35.5. The van der Waals surface area contributed by atoms with Crippen molar-refractivity contribution >= 4 is 27.3 Å². The van der Waals surface area contributed by atoms with Crippen LogP contribution in [-0.4, -0.2) is 20.6 Å². The predicted octanol–water partition coefficient (Wildman–Crippen LogP) is 3.93. The number of hydrogen-bond acceptors (Lipinski definition) is 3. The summed E-state index contributed by atoms with van der Waals surface area (Å²) in [6.07, 6.45) is 3.24. The molecule has 4 nitrogen and oxygen atoms in total. The van der Waals surface area contributed by atoms with Gasteiger partial charge in [-0.2, -0.15) is 0 Å². The van der Waals surface area contributed by atoms with Gasteiger partial charge in [-0.1, -0.05) is 41.4 Å². The number of aryl methyl sites for hydroxylation is 1. The number of nitrogens with one attached hydrogen (secondary N) is 1. The van der Waals surface area contributed by atoms with Crippen molar-refractivity contribution in [1.82, 2.24) is 5.32 Å². The van der Waals surface area contributed by atoms with E-state index in [0.717, 1.165) is 30.2 Å². The monoisotopic (exact) mass is 377 g/mol. The number of rotatable bonds is 5. The van der Waals surface area contributed by atoms with Crippen molar-refractivity contribution in [2.24, 2.45) is 5.92 Å². The lowest BCUT2D eigenvalue weighted by Crippen LogP contribution is -2.30. The molecular formula is C19H20ClNO3S. The van der Waals surface area contributed by atoms with Crippen LogP contribution in [0.1, 0.15) is 40.4 Å². The number of sulfone groups is 1. The van der Waals surface area contributed by atoms with Crippen molar-refractivity contribution in [3.63, 3.8) is 0 Å². The Balaban J connectivity index is 1.88. The van der Waals surface area contributed by atoms with E-state index in [9.17, 15) is 13.2 Å². The number of carbonyl (C=O) groups excluding carboxylic acids is 1. The van der Waals surface area contributed by atoms with Gasteiger partial charge in [0, 0.05) is 6.26 Å². The highest BCUT2D eigenvalue weighted by molar-refractivity contribution is 7.90. The first-order valence-electron chi connectivity index (χ1n) is 8.13. The van der Waals surface area contributed by atoms with Crippen LogP contribution < -0.4 is 5.32 Å². The summed E-state index contributed by atoms with van der Waals surface area (Å²) in [4.78, 5) is 12.8. The molecule has 0 bridgehead atoms. The lowest BCUT2D eigenvalue weighted by molar-refractivity contribution is 0.0931. The maximum absolute atomic E-state index is 12.7. The van der Waals surface area contributed by atoms with Gasteiger partial charge < -0.3 is 5.32 Å². The van der Waals surface area contributed by atoms with Gasteiger partial charge in [0.15, 0.2) is 9.84 Å². The van der Waals surface area contributed by atoms with E-state index in [1.807, 2.05) is 31.2 Å². The molecule has 1 unspecified atom stereocenters. The normalized spacial score (nSPS) is 15.6. The summed E-state index contributed by atoms with van der Waals surface area (Å²) in [5.74, 6) is 0.0523. The number of carbonyl (C=O) groups is 1. The lowest BCUT2D eigenvalue weighted by Gasteiger charge is -2.19. The molecule has 1 fully saturated rings. The Labute approximate surface area is 153 Å². The zero-order valence-corrected chi connectivity index (χ0v) is 15.7. The van der Waals surface area contributed by atoms with Crippen LogP contribution in [0, 0.1) is 12.8 Å². The summed E-state index contributed by atoms with van der Waals surface area (Å²) < 4.78 is 23.5. The molecule has 0 spiro atoms. The van der Waals surface area contributed by atoms with Gasteiger partial charge in [0.2, 0.25) is 0 Å². The van der Waals surface area contributed by atoms with E-state index in [1.165, 1.54) is 18.2 Å².